The fourth-order valence-corrected chi connectivity index (χ4v) is 10.4. The lowest BCUT2D eigenvalue weighted by Crippen LogP contribution is -2.19. The Balaban J connectivity index is 1.28. The first-order valence-corrected chi connectivity index (χ1v) is 20.4. The van der Waals surface area contributed by atoms with E-state index in [-0.39, 0.29) is 5.41 Å². The highest BCUT2D eigenvalue weighted by Crippen LogP contribution is 2.59. The van der Waals surface area contributed by atoms with Gasteiger partial charge in [-0.3, -0.25) is 0 Å². The van der Waals surface area contributed by atoms with Crippen LogP contribution in [0.2, 0.25) is 0 Å². The minimum atomic E-state index is -0.279. The summed E-state index contributed by atoms with van der Waals surface area (Å²) in [6.07, 6.45) is 0. The molecule has 0 radical (unpaired) electrons. The van der Waals surface area contributed by atoms with E-state index in [9.17, 15) is 0 Å². The molecule has 59 heavy (non-hydrogen) atoms. The van der Waals surface area contributed by atoms with Gasteiger partial charge < -0.3 is 9.47 Å². The van der Waals surface area contributed by atoms with Gasteiger partial charge in [0, 0.05) is 49.2 Å². The maximum Gasteiger partial charge on any atom is 0.161 e. The Morgan fingerprint density at radius 3 is 2.02 bits per heavy atom. The predicted octanol–water partition coefficient (Wildman–Crippen LogP) is 14.5. The van der Waals surface area contributed by atoms with Crippen molar-refractivity contribution >= 4 is 71.3 Å². The predicted molar refractivity (Wildman–Crippen MR) is 246 cm³/mol. The molecule has 4 heteroatoms. The first-order valence-electron chi connectivity index (χ1n) is 20.4. The van der Waals surface area contributed by atoms with Gasteiger partial charge in [0.2, 0.25) is 0 Å². The van der Waals surface area contributed by atoms with Crippen molar-refractivity contribution in [3.63, 3.8) is 0 Å². The number of fused-ring (bicyclic) bond motifs is 13. The Hall–Kier alpha value is -7.56. The number of hydrogen-bond donors (Lipinski definition) is 0. The summed E-state index contributed by atoms with van der Waals surface area (Å²) < 4.78 is 2.49. The molecule has 2 aromatic heterocycles. The van der Waals surface area contributed by atoms with Crippen LogP contribution >= 0.6 is 0 Å². The van der Waals surface area contributed by atoms with E-state index in [1.807, 2.05) is 0 Å². The molecule has 11 aromatic rings. The van der Waals surface area contributed by atoms with Crippen molar-refractivity contribution in [3.8, 4) is 39.5 Å². The fraction of sp³-hybridized carbons (Fsp3) is 0.0545. The van der Waals surface area contributed by atoms with Crippen LogP contribution in [0.1, 0.15) is 25.0 Å². The molecular weight excluding hydrogens is 717 g/mol. The number of nitrogens with zero attached hydrogens (tertiary/aromatic N) is 4. The molecule has 4 nitrogen and oxygen atoms in total. The summed E-state index contributed by atoms with van der Waals surface area (Å²) in [5.41, 5.74) is 15.8. The first-order chi connectivity index (χ1) is 29.1. The van der Waals surface area contributed by atoms with E-state index in [2.05, 4.69) is 205 Å². The van der Waals surface area contributed by atoms with Gasteiger partial charge >= 0.3 is 0 Å². The highest BCUT2D eigenvalue weighted by Gasteiger charge is 2.40. The topological polar surface area (TPSA) is 34.0 Å². The fourth-order valence-electron chi connectivity index (χ4n) is 10.4. The van der Waals surface area contributed by atoms with E-state index in [1.165, 1.54) is 60.8 Å². The van der Waals surface area contributed by atoms with Crippen molar-refractivity contribution in [2.24, 2.45) is 0 Å². The van der Waals surface area contributed by atoms with E-state index < -0.39 is 0 Å². The molecular formula is C55H36N4. The van der Waals surface area contributed by atoms with Crippen molar-refractivity contribution in [1.82, 2.24) is 14.5 Å². The highest BCUT2D eigenvalue weighted by molar-refractivity contribution is 6.27. The van der Waals surface area contributed by atoms with Gasteiger partial charge in [-0.2, -0.15) is 0 Å². The maximum atomic E-state index is 5.71. The average molecular weight is 753 g/mol. The van der Waals surface area contributed by atoms with Crippen LogP contribution in [0.5, 0.6) is 0 Å². The van der Waals surface area contributed by atoms with E-state index >= 15 is 0 Å². The Morgan fingerprint density at radius 2 is 1.17 bits per heavy atom. The Labute approximate surface area is 341 Å². The molecule has 13 rings (SSSR count). The lowest BCUT2D eigenvalue weighted by molar-refractivity contribution is 0.661. The van der Waals surface area contributed by atoms with E-state index in [0.717, 1.165) is 61.1 Å². The van der Waals surface area contributed by atoms with Crippen molar-refractivity contribution in [1.29, 1.82) is 0 Å². The Morgan fingerprint density at radius 1 is 0.475 bits per heavy atom. The lowest BCUT2D eigenvalue weighted by Gasteiger charge is -2.35. The van der Waals surface area contributed by atoms with Gasteiger partial charge in [-0.15, -0.1) is 0 Å². The molecule has 0 atom stereocenters. The normalized spacial score (nSPS) is 13.7. The number of benzene rings is 9. The van der Waals surface area contributed by atoms with Gasteiger partial charge in [0.05, 0.1) is 39.3 Å². The first kappa shape index (κ1) is 32.5. The van der Waals surface area contributed by atoms with Crippen LogP contribution in [0, 0.1) is 0 Å². The largest absolute Gasteiger partial charge is 0.306 e. The lowest BCUT2D eigenvalue weighted by atomic mass is 9.80. The molecule has 3 heterocycles. The summed E-state index contributed by atoms with van der Waals surface area (Å²) >= 11 is 0. The van der Waals surface area contributed by atoms with Crippen LogP contribution in [0.3, 0.4) is 0 Å². The average Bonchev–Trinajstić information content (AvgIpc) is 3.74. The van der Waals surface area contributed by atoms with Crippen LogP contribution in [0.15, 0.2) is 182 Å². The molecule has 0 amide bonds. The quantitative estimate of drug-likeness (QED) is 0.169. The molecule has 9 aromatic carbocycles. The zero-order valence-corrected chi connectivity index (χ0v) is 32.6. The van der Waals surface area contributed by atoms with Gasteiger partial charge in [-0.25, -0.2) is 9.97 Å². The van der Waals surface area contributed by atoms with Crippen LogP contribution in [-0.2, 0) is 5.41 Å². The summed E-state index contributed by atoms with van der Waals surface area (Å²) in [4.78, 5) is 13.9. The Kier molecular flexibility index (Phi) is 6.48. The van der Waals surface area contributed by atoms with Crippen LogP contribution < -0.4 is 4.90 Å². The number of rotatable bonds is 3. The van der Waals surface area contributed by atoms with Crippen molar-refractivity contribution < 1.29 is 0 Å². The second-order valence-electron chi connectivity index (χ2n) is 16.5. The molecule has 0 N–H and O–H groups in total. The molecule has 276 valence electrons. The standard InChI is InChI=1S/C55H36N4/c1-55(2)43-25-13-11-24-38(43)48-44(55)32-42-40(49(48)54-56-50(34-18-5-3-6-19-34)39-30-29-33-17-9-10-22-36(33)51(39)57-54)31-41-37-23-12-14-26-45(37)59-47-28-16-15-27-46(47)58(52(42)53(41)59)35-20-7-4-8-21-35/h3-32H,1-2H3. The number of anilines is 3. The SMILES string of the molecule is CC1(C)c2ccccc2-c2c1cc1c3c4c(cc1c2-c1nc(-c2ccccc2)c2ccc5ccccc5c2n1)c1ccccc1n4-c1ccccc1N3c1ccccc1. The summed E-state index contributed by atoms with van der Waals surface area (Å²) in [6.45, 7) is 4.76. The van der Waals surface area contributed by atoms with Gasteiger partial charge in [0.25, 0.3) is 0 Å². The Bertz CT molecular complexity index is 3580. The van der Waals surface area contributed by atoms with Crippen molar-refractivity contribution in [3.05, 3.63) is 193 Å². The second kappa shape index (κ2) is 11.7. The van der Waals surface area contributed by atoms with Crippen LogP contribution in [-0.4, -0.2) is 14.5 Å². The third kappa shape index (κ3) is 4.32. The monoisotopic (exact) mass is 752 g/mol. The summed E-state index contributed by atoms with van der Waals surface area (Å²) in [5.74, 6) is 0.736. The molecule has 2 aliphatic rings. The van der Waals surface area contributed by atoms with E-state index in [4.69, 9.17) is 9.97 Å². The third-order valence-corrected chi connectivity index (χ3v) is 13.1. The summed E-state index contributed by atoms with van der Waals surface area (Å²) in [6, 6.07) is 66.1. The number of para-hydroxylation sites is 4. The zero-order valence-electron chi connectivity index (χ0n) is 32.6. The van der Waals surface area contributed by atoms with Gasteiger partial charge in [-0.1, -0.05) is 147 Å². The minimum Gasteiger partial charge on any atom is -0.306 e. The zero-order chi connectivity index (χ0) is 39.0. The van der Waals surface area contributed by atoms with E-state index in [1.54, 1.807) is 0 Å². The number of aromatic nitrogens is 3. The van der Waals surface area contributed by atoms with Crippen LogP contribution in [0.4, 0.5) is 17.1 Å². The third-order valence-electron chi connectivity index (χ3n) is 13.1. The smallest absolute Gasteiger partial charge is 0.161 e. The molecule has 1 aliphatic carbocycles. The maximum absolute atomic E-state index is 5.71. The minimum absolute atomic E-state index is 0.279. The molecule has 1 aliphatic heterocycles. The second-order valence-corrected chi connectivity index (χ2v) is 16.5. The molecule has 0 saturated carbocycles. The van der Waals surface area contributed by atoms with Crippen molar-refractivity contribution in [2.45, 2.75) is 19.3 Å². The molecule has 0 spiro atoms. The van der Waals surface area contributed by atoms with Gasteiger partial charge in [0.1, 0.15) is 0 Å². The van der Waals surface area contributed by atoms with Crippen LogP contribution in [0.25, 0.3) is 93.7 Å². The van der Waals surface area contributed by atoms with E-state index in [0.29, 0.717) is 0 Å². The number of hydrogen-bond acceptors (Lipinski definition) is 3. The van der Waals surface area contributed by atoms with Gasteiger partial charge in [-0.05, 0) is 81.6 Å². The highest BCUT2D eigenvalue weighted by atomic mass is 15.2. The van der Waals surface area contributed by atoms with Crippen molar-refractivity contribution in [2.75, 3.05) is 4.90 Å². The summed E-state index contributed by atoms with van der Waals surface area (Å²) in [7, 11) is 0. The molecule has 0 fully saturated rings. The molecule has 0 unspecified atom stereocenters. The van der Waals surface area contributed by atoms with Gasteiger partial charge in [0.15, 0.2) is 5.82 Å². The molecule has 0 bridgehead atoms. The molecule has 0 saturated heterocycles. The summed E-state index contributed by atoms with van der Waals surface area (Å²) in [5, 5.41) is 8.07.